The van der Waals surface area contributed by atoms with E-state index in [0.717, 1.165) is 10.3 Å². The summed E-state index contributed by atoms with van der Waals surface area (Å²) < 4.78 is 32.1. The van der Waals surface area contributed by atoms with Crippen LogP contribution in [0, 0.1) is 0 Å². The van der Waals surface area contributed by atoms with Crippen molar-refractivity contribution in [2.45, 2.75) is 13.2 Å². The van der Waals surface area contributed by atoms with Crippen molar-refractivity contribution in [3.05, 3.63) is 77.5 Å². The summed E-state index contributed by atoms with van der Waals surface area (Å²) in [5.74, 6) is -0.773. The molecule has 0 aliphatic heterocycles. The minimum absolute atomic E-state index is 0.0711. The van der Waals surface area contributed by atoms with Crippen molar-refractivity contribution in [1.82, 2.24) is 19.3 Å². The van der Waals surface area contributed by atoms with Crippen LogP contribution in [0.15, 0.2) is 71.9 Å². The molecule has 0 atom stereocenters. The maximum atomic E-state index is 12.7. The maximum Gasteiger partial charge on any atom is 0.387 e. The van der Waals surface area contributed by atoms with Gasteiger partial charge in [0.15, 0.2) is 5.65 Å². The molecule has 10 heteroatoms. The van der Waals surface area contributed by atoms with E-state index in [4.69, 9.17) is 0 Å². The number of fused-ring (bicyclic) bond motifs is 1. The molecule has 1 N–H and O–H groups in total. The number of alkyl halides is 2. The molecule has 0 aliphatic carbocycles. The number of benzene rings is 2. The molecule has 152 valence electrons. The van der Waals surface area contributed by atoms with Crippen LogP contribution < -0.4 is 15.6 Å². The predicted molar refractivity (Wildman–Crippen MR) is 105 cm³/mol. The summed E-state index contributed by atoms with van der Waals surface area (Å²) in [5, 5.41) is 6.92. The first-order valence-corrected chi connectivity index (χ1v) is 8.85. The van der Waals surface area contributed by atoms with Crippen molar-refractivity contribution in [3.63, 3.8) is 0 Å². The van der Waals surface area contributed by atoms with Crippen LogP contribution in [0.5, 0.6) is 5.75 Å². The lowest BCUT2D eigenvalue weighted by molar-refractivity contribution is -0.116. The highest BCUT2D eigenvalue weighted by molar-refractivity contribution is 5.92. The van der Waals surface area contributed by atoms with Crippen LogP contribution in [0.4, 0.5) is 14.5 Å². The van der Waals surface area contributed by atoms with Gasteiger partial charge in [0.2, 0.25) is 5.91 Å². The minimum Gasteiger partial charge on any atom is -0.433 e. The molecule has 0 fully saturated rings. The fraction of sp³-hybridized carbons (Fsp3) is 0.100. The summed E-state index contributed by atoms with van der Waals surface area (Å²) in [4.78, 5) is 29.4. The topological polar surface area (TPSA) is 91.0 Å². The molecule has 0 unspecified atom stereocenters. The quantitative estimate of drug-likeness (QED) is 0.527. The van der Waals surface area contributed by atoms with E-state index in [2.05, 4.69) is 20.1 Å². The molecule has 2 aromatic carbocycles. The number of nitrogens with one attached hydrogen (secondary N) is 1. The van der Waals surface area contributed by atoms with Crippen LogP contribution in [-0.2, 0) is 11.3 Å². The summed E-state index contributed by atoms with van der Waals surface area (Å²) >= 11 is 0. The molecular formula is C20H15F2N5O3. The first-order valence-electron chi connectivity index (χ1n) is 8.85. The summed E-state index contributed by atoms with van der Waals surface area (Å²) in [6.45, 7) is -3.39. The van der Waals surface area contributed by atoms with Crippen molar-refractivity contribution >= 4 is 22.6 Å². The van der Waals surface area contributed by atoms with Gasteiger partial charge in [0.05, 0.1) is 17.6 Å². The van der Waals surface area contributed by atoms with E-state index >= 15 is 0 Å². The van der Waals surface area contributed by atoms with Crippen molar-refractivity contribution in [2.75, 3.05) is 5.32 Å². The molecule has 0 saturated heterocycles. The fourth-order valence-corrected chi connectivity index (χ4v) is 2.93. The van der Waals surface area contributed by atoms with E-state index in [1.165, 1.54) is 35.4 Å². The molecule has 2 aromatic heterocycles. The molecule has 0 aliphatic rings. The Morgan fingerprint density at radius 1 is 1.10 bits per heavy atom. The highest BCUT2D eigenvalue weighted by Gasteiger charge is 2.15. The van der Waals surface area contributed by atoms with Gasteiger partial charge >= 0.3 is 6.61 Å². The Morgan fingerprint density at radius 2 is 1.83 bits per heavy atom. The average Bonchev–Trinajstić information content (AvgIpc) is 3.17. The van der Waals surface area contributed by atoms with Gasteiger partial charge in [-0.3, -0.25) is 14.2 Å². The number of carbonyl (C=O) groups excluding carboxylic acids is 1. The summed E-state index contributed by atoms with van der Waals surface area (Å²) in [6.07, 6.45) is 2.63. The summed E-state index contributed by atoms with van der Waals surface area (Å²) in [7, 11) is 0. The molecular weight excluding hydrogens is 396 g/mol. The third-order valence-electron chi connectivity index (χ3n) is 4.25. The molecule has 0 radical (unpaired) electrons. The van der Waals surface area contributed by atoms with Gasteiger partial charge in [-0.2, -0.15) is 13.9 Å². The van der Waals surface area contributed by atoms with E-state index in [-0.39, 0.29) is 23.4 Å². The van der Waals surface area contributed by atoms with Crippen LogP contribution >= 0.6 is 0 Å². The standard InChI is InChI=1S/C20H15F2N5O3/c21-20(22)30-16-9-5-4-8-15(16)25-17(28)11-26-12-23-18-14(19(26)29)10-24-27(18)13-6-2-1-3-7-13/h1-10,12,20H,11H2,(H,25,28). The molecule has 0 spiro atoms. The number of hydrogen-bond donors (Lipinski definition) is 1. The number of halogens is 2. The Balaban J connectivity index is 1.57. The second-order valence-corrected chi connectivity index (χ2v) is 6.23. The largest absolute Gasteiger partial charge is 0.433 e. The zero-order chi connectivity index (χ0) is 21.1. The van der Waals surface area contributed by atoms with Crippen molar-refractivity contribution in [2.24, 2.45) is 0 Å². The zero-order valence-electron chi connectivity index (χ0n) is 15.4. The van der Waals surface area contributed by atoms with Gasteiger partial charge in [-0.15, -0.1) is 0 Å². The van der Waals surface area contributed by atoms with Gasteiger partial charge in [-0.25, -0.2) is 9.67 Å². The molecule has 8 nitrogen and oxygen atoms in total. The predicted octanol–water partition coefficient (Wildman–Crippen LogP) is 2.82. The van der Waals surface area contributed by atoms with E-state index in [9.17, 15) is 18.4 Å². The highest BCUT2D eigenvalue weighted by atomic mass is 19.3. The number of nitrogens with zero attached hydrogens (tertiary/aromatic N) is 4. The number of anilines is 1. The highest BCUT2D eigenvalue weighted by Crippen LogP contribution is 2.25. The average molecular weight is 411 g/mol. The Labute approximate surface area is 168 Å². The van der Waals surface area contributed by atoms with Gasteiger partial charge in [0.25, 0.3) is 5.56 Å². The summed E-state index contributed by atoms with van der Waals surface area (Å²) in [5.41, 5.74) is 0.722. The van der Waals surface area contributed by atoms with Crippen LogP contribution in [0.2, 0.25) is 0 Å². The monoisotopic (exact) mass is 411 g/mol. The Hall–Kier alpha value is -4.08. The number of carbonyl (C=O) groups is 1. The second kappa shape index (κ2) is 8.11. The number of rotatable bonds is 6. The Bertz CT molecular complexity index is 1250. The SMILES string of the molecule is O=C(Cn1cnc2c(cnn2-c2ccccc2)c1=O)Nc1ccccc1OC(F)F. The fourth-order valence-electron chi connectivity index (χ4n) is 2.93. The molecule has 0 bridgehead atoms. The minimum atomic E-state index is -3.03. The van der Waals surface area contributed by atoms with Crippen LogP contribution in [0.1, 0.15) is 0 Å². The van der Waals surface area contributed by atoms with Gasteiger partial charge in [0.1, 0.15) is 24.0 Å². The third kappa shape index (κ3) is 3.88. The number of hydrogen-bond acceptors (Lipinski definition) is 5. The second-order valence-electron chi connectivity index (χ2n) is 6.23. The zero-order valence-corrected chi connectivity index (χ0v) is 15.4. The number of para-hydroxylation sites is 3. The van der Waals surface area contributed by atoms with E-state index in [1.807, 2.05) is 30.3 Å². The Kier molecular flexibility index (Phi) is 5.21. The van der Waals surface area contributed by atoms with Crippen LogP contribution in [0.25, 0.3) is 16.7 Å². The van der Waals surface area contributed by atoms with E-state index in [1.54, 1.807) is 6.07 Å². The van der Waals surface area contributed by atoms with Crippen molar-refractivity contribution in [1.29, 1.82) is 0 Å². The molecule has 1 amide bonds. The third-order valence-corrected chi connectivity index (χ3v) is 4.25. The normalized spacial score (nSPS) is 11.0. The first-order chi connectivity index (χ1) is 14.5. The van der Waals surface area contributed by atoms with Crippen LogP contribution in [-0.4, -0.2) is 31.9 Å². The van der Waals surface area contributed by atoms with E-state index < -0.39 is 18.1 Å². The van der Waals surface area contributed by atoms with Crippen molar-refractivity contribution < 1.29 is 18.3 Å². The van der Waals surface area contributed by atoms with Gasteiger partial charge in [-0.1, -0.05) is 30.3 Å². The summed E-state index contributed by atoms with van der Waals surface area (Å²) in [6, 6.07) is 15.0. The molecule has 2 heterocycles. The Morgan fingerprint density at radius 3 is 2.60 bits per heavy atom. The molecule has 4 rings (SSSR count). The number of aromatic nitrogens is 4. The smallest absolute Gasteiger partial charge is 0.387 e. The van der Waals surface area contributed by atoms with Gasteiger partial charge in [0, 0.05) is 0 Å². The van der Waals surface area contributed by atoms with Gasteiger partial charge in [-0.05, 0) is 24.3 Å². The molecule has 30 heavy (non-hydrogen) atoms. The van der Waals surface area contributed by atoms with E-state index in [0.29, 0.717) is 5.65 Å². The lowest BCUT2D eigenvalue weighted by atomic mass is 10.3. The lowest BCUT2D eigenvalue weighted by Crippen LogP contribution is -2.28. The molecule has 4 aromatic rings. The number of ether oxygens (including phenoxy) is 1. The first kappa shape index (κ1) is 19.2. The van der Waals surface area contributed by atoms with Crippen LogP contribution in [0.3, 0.4) is 0 Å². The van der Waals surface area contributed by atoms with Gasteiger partial charge < -0.3 is 10.1 Å². The molecule has 0 saturated carbocycles. The van der Waals surface area contributed by atoms with Crippen molar-refractivity contribution in [3.8, 4) is 11.4 Å². The number of amides is 1. The maximum absolute atomic E-state index is 12.7. The lowest BCUT2D eigenvalue weighted by Gasteiger charge is -2.12.